The van der Waals surface area contributed by atoms with E-state index < -0.39 is 10.0 Å². The first-order valence-electron chi connectivity index (χ1n) is 8.43. The van der Waals surface area contributed by atoms with Crippen molar-refractivity contribution in [3.05, 3.63) is 46.3 Å². The number of hydrogen-bond donors (Lipinski definition) is 1. The Morgan fingerprint density at radius 3 is 2.56 bits per heavy atom. The van der Waals surface area contributed by atoms with Crippen LogP contribution in [0.4, 0.5) is 5.69 Å². The minimum absolute atomic E-state index is 0.103. The lowest BCUT2D eigenvalue weighted by atomic mass is 10.1. The van der Waals surface area contributed by atoms with Gasteiger partial charge in [0.05, 0.1) is 11.3 Å². The van der Waals surface area contributed by atoms with E-state index in [0.717, 1.165) is 42.8 Å². The Morgan fingerprint density at radius 1 is 1.20 bits per heavy atom. The molecule has 0 atom stereocenters. The second-order valence-corrected chi connectivity index (χ2v) is 9.25. The third kappa shape index (κ3) is 3.72. The van der Waals surface area contributed by atoms with E-state index in [0.29, 0.717) is 11.3 Å². The van der Waals surface area contributed by atoms with Crippen molar-refractivity contribution >= 4 is 33.0 Å². The monoisotopic (exact) mass is 378 g/mol. The number of hydrogen-bond acceptors (Lipinski definition) is 4. The van der Waals surface area contributed by atoms with Gasteiger partial charge in [0.15, 0.2) is 0 Å². The zero-order valence-electron chi connectivity index (χ0n) is 14.4. The predicted octanol–water partition coefficient (Wildman–Crippen LogP) is 3.66. The van der Waals surface area contributed by atoms with Crippen LogP contribution >= 0.6 is 11.3 Å². The van der Waals surface area contributed by atoms with Gasteiger partial charge in [0.2, 0.25) is 0 Å². The molecule has 1 amide bonds. The molecule has 25 heavy (non-hydrogen) atoms. The molecule has 0 bridgehead atoms. The Morgan fingerprint density at radius 2 is 1.92 bits per heavy atom. The van der Waals surface area contributed by atoms with Crippen LogP contribution in [0.25, 0.3) is 0 Å². The molecule has 0 aliphatic carbocycles. The molecule has 5 nitrogen and oxygen atoms in total. The first-order valence-corrected chi connectivity index (χ1v) is 10.7. The van der Waals surface area contributed by atoms with Crippen molar-refractivity contribution in [2.24, 2.45) is 0 Å². The van der Waals surface area contributed by atoms with E-state index in [1.807, 2.05) is 26.0 Å². The van der Waals surface area contributed by atoms with Gasteiger partial charge < -0.3 is 4.90 Å². The van der Waals surface area contributed by atoms with Crippen LogP contribution < -0.4 is 4.72 Å². The van der Waals surface area contributed by atoms with Crippen LogP contribution in [0.1, 0.15) is 40.6 Å². The third-order valence-corrected chi connectivity index (χ3v) is 7.46. The number of thiophene rings is 1. The van der Waals surface area contributed by atoms with Crippen molar-refractivity contribution in [3.63, 3.8) is 0 Å². The van der Waals surface area contributed by atoms with Gasteiger partial charge in [-0.25, -0.2) is 8.42 Å². The fourth-order valence-electron chi connectivity index (χ4n) is 3.00. The summed E-state index contributed by atoms with van der Waals surface area (Å²) in [5.41, 5.74) is 1.57. The van der Waals surface area contributed by atoms with E-state index in [1.165, 1.54) is 11.3 Å². The van der Waals surface area contributed by atoms with Crippen molar-refractivity contribution < 1.29 is 13.2 Å². The van der Waals surface area contributed by atoms with Crippen molar-refractivity contribution in [2.45, 2.75) is 37.3 Å². The van der Waals surface area contributed by atoms with E-state index in [1.54, 1.807) is 23.1 Å². The maximum absolute atomic E-state index is 12.9. The van der Waals surface area contributed by atoms with Crippen molar-refractivity contribution in [3.8, 4) is 0 Å². The number of benzene rings is 1. The van der Waals surface area contributed by atoms with Gasteiger partial charge in [-0.3, -0.25) is 9.52 Å². The zero-order valence-corrected chi connectivity index (χ0v) is 16.0. The first kappa shape index (κ1) is 17.9. The molecule has 1 aliphatic heterocycles. The third-order valence-electron chi connectivity index (χ3n) is 4.37. The topological polar surface area (TPSA) is 66.5 Å². The lowest BCUT2D eigenvalue weighted by Gasteiger charge is -2.20. The van der Waals surface area contributed by atoms with Gasteiger partial charge in [-0.1, -0.05) is 19.1 Å². The predicted molar refractivity (Wildman–Crippen MR) is 101 cm³/mol. The van der Waals surface area contributed by atoms with Crippen LogP contribution in [0.2, 0.25) is 0 Å². The summed E-state index contributed by atoms with van der Waals surface area (Å²) in [6, 6.07) is 8.69. The highest BCUT2D eigenvalue weighted by molar-refractivity contribution is 7.94. The van der Waals surface area contributed by atoms with E-state index in [2.05, 4.69) is 4.72 Å². The summed E-state index contributed by atoms with van der Waals surface area (Å²) in [4.78, 5) is 15.7. The highest BCUT2D eigenvalue weighted by atomic mass is 32.2. The Balaban J connectivity index is 1.94. The Bertz CT molecular complexity index is 881. The number of sulfonamides is 1. The average molecular weight is 379 g/mol. The quantitative estimate of drug-likeness (QED) is 0.863. The molecule has 0 unspecified atom stereocenters. The normalized spacial score (nSPS) is 14.7. The largest absolute Gasteiger partial charge is 0.339 e. The number of anilines is 1. The summed E-state index contributed by atoms with van der Waals surface area (Å²) in [5, 5.41) is 0. The number of carbonyl (C=O) groups is 1. The molecule has 3 rings (SSSR count). The van der Waals surface area contributed by atoms with E-state index in [-0.39, 0.29) is 10.1 Å². The standard InChI is InChI=1S/C18H22N2O3S2/c1-3-14-9-10-16(24-14)25(22,23)19-15-8-6-7-13(2)17(15)18(21)20-11-4-5-12-20/h6-10,19H,3-5,11-12H2,1-2H3. The van der Waals surface area contributed by atoms with Crippen molar-refractivity contribution in [2.75, 3.05) is 17.8 Å². The second kappa shape index (κ2) is 7.17. The summed E-state index contributed by atoms with van der Waals surface area (Å²) >= 11 is 1.26. The van der Waals surface area contributed by atoms with Crippen molar-refractivity contribution in [1.82, 2.24) is 4.90 Å². The number of nitrogens with one attached hydrogen (secondary N) is 1. The van der Waals surface area contributed by atoms with Crippen molar-refractivity contribution in [1.29, 1.82) is 0 Å². The summed E-state index contributed by atoms with van der Waals surface area (Å²) in [6.07, 6.45) is 2.78. The molecule has 0 saturated carbocycles. The van der Waals surface area contributed by atoms with Crippen LogP contribution in [0.15, 0.2) is 34.5 Å². The summed E-state index contributed by atoms with van der Waals surface area (Å²) in [5.74, 6) is -0.103. The SMILES string of the molecule is CCc1ccc(S(=O)(=O)Nc2cccc(C)c2C(=O)N2CCCC2)s1. The average Bonchev–Trinajstić information content (AvgIpc) is 3.26. The molecule has 1 aliphatic rings. The summed E-state index contributed by atoms with van der Waals surface area (Å²) in [6.45, 7) is 5.28. The number of aryl methyl sites for hydroxylation is 2. The maximum Gasteiger partial charge on any atom is 0.271 e. The van der Waals surface area contributed by atoms with Gasteiger partial charge in [-0.05, 0) is 49.9 Å². The van der Waals surface area contributed by atoms with Gasteiger partial charge in [0, 0.05) is 18.0 Å². The first-order chi connectivity index (χ1) is 11.9. The van der Waals surface area contributed by atoms with Crippen LogP contribution in [0, 0.1) is 6.92 Å². The van der Waals surface area contributed by atoms with Gasteiger partial charge in [-0.15, -0.1) is 11.3 Å². The molecule has 0 radical (unpaired) electrons. The minimum Gasteiger partial charge on any atom is -0.339 e. The molecular formula is C18H22N2O3S2. The highest BCUT2D eigenvalue weighted by Gasteiger charge is 2.26. The fourth-order valence-corrected chi connectivity index (χ4v) is 5.37. The molecule has 1 aromatic heterocycles. The van der Waals surface area contributed by atoms with Gasteiger partial charge in [0.1, 0.15) is 4.21 Å². The molecule has 1 saturated heterocycles. The van der Waals surface area contributed by atoms with Gasteiger partial charge in [0.25, 0.3) is 15.9 Å². The Hall–Kier alpha value is -1.86. The molecule has 0 spiro atoms. The molecule has 1 N–H and O–H groups in total. The molecule has 1 aromatic carbocycles. The number of rotatable bonds is 5. The lowest BCUT2D eigenvalue weighted by molar-refractivity contribution is 0.0793. The molecule has 2 heterocycles. The molecule has 2 aromatic rings. The van der Waals surface area contributed by atoms with Crippen LogP contribution in [0.3, 0.4) is 0 Å². The Labute approximate surface area is 152 Å². The zero-order chi connectivity index (χ0) is 18.0. The van der Waals surface area contributed by atoms with Gasteiger partial charge in [-0.2, -0.15) is 0 Å². The Kier molecular flexibility index (Phi) is 5.15. The highest BCUT2D eigenvalue weighted by Crippen LogP contribution is 2.28. The smallest absolute Gasteiger partial charge is 0.271 e. The van der Waals surface area contributed by atoms with Crippen LogP contribution in [-0.2, 0) is 16.4 Å². The van der Waals surface area contributed by atoms with Crippen LogP contribution in [0.5, 0.6) is 0 Å². The fraction of sp³-hybridized carbons (Fsp3) is 0.389. The maximum atomic E-state index is 12.9. The van der Waals surface area contributed by atoms with E-state index in [9.17, 15) is 13.2 Å². The number of likely N-dealkylation sites (tertiary alicyclic amines) is 1. The number of amides is 1. The van der Waals surface area contributed by atoms with Crippen LogP contribution in [-0.4, -0.2) is 32.3 Å². The minimum atomic E-state index is -3.70. The second-order valence-electron chi connectivity index (χ2n) is 6.18. The van der Waals surface area contributed by atoms with E-state index in [4.69, 9.17) is 0 Å². The van der Waals surface area contributed by atoms with E-state index >= 15 is 0 Å². The lowest BCUT2D eigenvalue weighted by Crippen LogP contribution is -2.29. The summed E-state index contributed by atoms with van der Waals surface area (Å²) < 4.78 is 28.3. The molecule has 134 valence electrons. The number of nitrogens with zero attached hydrogens (tertiary/aromatic N) is 1. The molecular weight excluding hydrogens is 356 g/mol. The van der Waals surface area contributed by atoms with Gasteiger partial charge >= 0.3 is 0 Å². The summed E-state index contributed by atoms with van der Waals surface area (Å²) in [7, 11) is -3.70. The molecule has 1 fully saturated rings. The molecule has 7 heteroatoms. The number of carbonyl (C=O) groups excluding carboxylic acids is 1.